The first-order chi connectivity index (χ1) is 18.6. The highest BCUT2D eigenvalue weighted by molar-refractivity contribution is 7.15. The van der Waals surface area contributed by atoms with E-state index in [-0.39, 0.29) is 59.8 Å². The maximum absolute atomic E-state index is 13.7. The Labute approximate surface area is 234 Å². The number of fused-ring (bicyclic) bond motifs is 2. The molecule has 3 fully saturated rings. The van der Waals surface area contributed by atoms with Crippen molar-refractivity contribution in [1.29, 1.82) is 0 Å². The smallest absolute Gasteiger partial charge is 0.229 e. The van der Waals surface area contributed by atoms with Gasteiger partial charge in [-0.3, -0.25) is 14.4 Å². The van der Waals surface area contributed by atoms with E-state index in [2.05, 4.69) is 12.2 Å². The second-order valence-corrected chi connectivity index (χ2v) is 14.0. The molecule has 0 bridgehead atoms. The summed E-state index contributed by atoms with van der Waals surface area (Å²) in [5.41, 5.74) is 5.34. The first kappa shape index (κ1) is 28.5. The average molecular weight is 561 g/mol. The van der Waals surface area contributed by atoms with Crippen LogP contribution in [0.25, 0.3) is 0 Å². The Morgan fingerprint density at radius 3 is 2.41 bits per heavy atom. The number of likely N-dealkylation sites (tertiary alicyclic amines) is 1. The van der Waals surface area contributed by atoms with Gasteiger partial charge in [0.15, 0.2) is 5.13 Å². The minimum atomic E-state index is -0.693. The van der Waals surface area contributed by atoms with E-state index in [1.54, 1.807) is 0 Å². The zero-order valence-corrected chi connectivity index (χ0v) is 24.1. The number of aliphatic hydroxyl groups excluding tert-OH is 2. The van der Waals surface area contributed by atoms with Crippen molar-refractivity contribution < 1.29 is 24.6 Å². The van der Waals surface area contributed by atoms with Gasteiger partial charge in [0.1, 0.15) is 0 Å². The van der Waals surface area contributed by atoms with Crippen LogP contribution in [0.5, 0.6) is 0 Å². The molecule has 5 rings (SSSR count). The Morgan fingerprint density at radius 2 is 1.77 bits per heavy atom. The summed E-state index contributed by atoms with van der Waals surface area (Å²) >= 11 is 1.48. The first-order valence-electron chi connectivity index (χ1n) is 14.7. The monoisotopic (exact) mass is 560 g/mol. The fourth-order valence-corrected chi connectivity index (χ4v) is 9.06. The van der Waals surface area contributed by atoms with Crippen LogP contribution >= 0.6 is 11.3 Å². The summed E-state index contributed by atoms with van der Waals surface area (Å²) in [5, 5.41) is 25.2. The fraction of sp³-hybridized carbons (Fsp3) is 0.793. The van der Waals surface area contributed by atoms with Gasteiger partial charge in [-0.25, -0.2) is 4.98 Å². The maximum atomic E-state index is 13.7. The van der Waals surface area contributed by atoms with E-state index in [0.29, 0.717) is 43.9 Å². The van der Waals surface area contributed by atoms with Crippen LogP contribution in [-0.2, 0) is 20.8 Å². The lowest BCUT2D eigenvalue weighted by molar-refractivity contribution is -0.148. The van der Waals surface area contributed by atoms with Crippen molar-refractivity contribution in [3.63, 3.8) is 0 Å². The van der Waals surface area contributed by atoms with Gasteiger partial charge in [-0.2, -0.15) is 0 Å². The number of amides is 3. The van der Waals surface area contributed by atoms with Crippen LogP contribution in [0.3, 0.4) is 0 Å². The number of hydrogen-bond acceptors (Lipinski definition) is 7. The lowest BCUT2D eigenvalue weighted by atomic mass is 9.47. The molecule has 2 saturated carbocycles. The number of piperidine rings is 1. The third kappa shape index (κ3) is 5.24. The molecular formula is C29H44N4O5S. The van der Waals surface area contributed by atoms with Crippen LogP contribution in [0, 0.1) is 28.6 Å². The third-order valence-corrected chi connectivity index (χ3v) is 11.7. The number of aliphatic hydroxyl groups is 2. The zero-order valence-electron chi connectivity index (χ0n) is 23.3. The SMILES string of the molecule is C[C@@]12CCC(O)[C@@](C)(CO)C1Cc1sc(NC(=O)C3CCCCC3)nc1C2CC(=O)N1CCC(C(N)=O)CC1. The van der Waals surface area contributed by atoms with Gasteiger partial charge in [0.05, 0.1) is 18.4 Å². The van der Waals surface area contributed by atoms with Crippen LogP contribution < -0.4 is 11.1 Å². The van der Waals surface area contributed by atoms with E-state index in [0.717, 1.165) is 42.7 Å². The fourth-order valence-electron chi connectivity index (χ4n) is 7.99. The Kier molecular flexibility index (Phi) is 8.10. The van der Waals surface area contributed by atoms with E-state index < -0.39 is 11.5 Å². The first-order valence-corrected chi connectivity index (χ1v) is 15.5. The van der Waals surface area contributed by atoms with Gasteiger partial charge in [0, 0.05) is 47.6 Å². The van der Waals surface area contributed by atoms with Gasteiger partial charge in [-0.15, -0.1) is 11.3 Å². The second kappa shape index (κ2) is 11.1. The number of aromatic nitrogens is 1. The number of thiazole rings is 1. The predicted molar refractivity (Wildman–Crippen MR) is 149 cm³/mol. The summed E-state index contributed by atoms with van der Waals surface area (Å²) in [6, 6.07) is 0. The number of nitrogens with one attached hydrogen (secondary N) is 1. The molecule has 5 N–H and O–H groups in total. The number of carbonyl (C=O) groups excluding carboxylic acids is 3. The quantitative estimate of drug-likeness (QED) is 0.420. The highest BCUT2D eigenvalue weighted by Gasteiger charge is 2.59. The van der Waals surface area contributed by atoms with Crippen molar-refractivity contribution in [2.75, 3.05) is 25.0 Å². The molecule has 5 atom stereocenters. The van der Waals surface area contributed by atoms with Crippen molar-refractivity contribution >= 4 is 34.2 Å². The number of hydrogen-bond donors (Lipinski definition) is 4. The van der Waals surface area contributed by atoms with E-state index in [1.807, 2.05) is 11.8 Å². The minimum Gasteiger partial charge on any atom is -0.396 e. The number of nitrogens with two attached hydrogens (primary N) is 1. The van der Waals surface area contributed by atoms with E-state index >= 15 is 0 Å². The van der Waals surface area contributed by atoms with Gasteiger partial charge < -0.3 is 26.2 Å². The van der Waals surface area contributed by atoms with Crippen LogP contribution in [0.15, 0.2) is 0 Å². The molecular weight excluding hydrogens is 516 g/mol. The van der Waals surface area contributed by atoms with Crippen LogP contribution in [0.2, 0.25) is 0 Å². The molecule has 39 heavy (non-hydrogen) atoms. The Bertz CT molecular complexity index is 1100. The molecule has 4 aliphatic rings. The summed E-state index contributed by atoms with van der Waals surface area (Å²) < 4.78 is 0. The molecule has 1 aromatic rings. The molecule has 216 valence electrons. The molecule has 0 radical (unpaired) electrons. The largest absolute Gasteiger partial charge is 0.396 e. The van der Waals surface area contributed by atoms with Crippen LogP contribution in [-0.4, -0.2) is 63.6 Å². The Morgan fingerprint density at radius 1 is 1.08 bits per heavy atom. The predicted octanol–water partition coefficient (Wildman–Crippen LogP) is 3.19. The molecule has 0 aromatic carbocycles. The number of rotatable bonds is 6. The maximum Gasteiger partial charge on any atom is 0.229 e. The van der Waals surface area contributed by atoms with Gasteiger partial charge in [-0.05, 0) is 56.3 Å². The third-order valence-electron chi connectivity index (χ3n) is 10.7. The molecule has 1 aliphatic heterocycles. The van der Waals surface area contributed by atoms with Crippen molar-refractivity contribution in [2.45, 2.75) is 96.5 Å². The second-order valence-electron chi connectivity index (χ2n) is 12.9. The average Bonchev–Trinajstić information content (AvgIpc) is 3.34. The molecule has 10 heteroatoms. The van der Waals surface area contributed by atoms with Crippen molar-refractivity contribution in [1.82, 2.24) is 9.88 Å². The standard InChI is InChI=1S/C29H44N4O5S/c1-28-11-8-22(35)29(2,16-34)21(28)15-20-24(31-27(39-20)32-26(38)18-6-4-3-5-7-18)19(28)14-23(36)33-12-9-17(10-13-33)25(30)37/h17-19,21-22,34-35H,3-16H2,1-2H3,(H2,30,37)(H,31,32,38)/t19?,21?,22?,28-,29-/m0/s1. The van der Waals surface area contributed by atoms with E-state index in [1.165, 1.54) is 17.8 Å². The van der Waals surface area contributed by atoms with Gasteiger partial charge >= 0.3 is 0 Å². The molecule has 1 saturated heterocycles. The van der Waals surface area contributed by atoms with Crippen molar-refractivity contribution in [2.24, 2.45) is 34.3 Å². The molecule has 3 unspecified atom stereocenters. The molecule has 3 amide bonds. The number of nitrogens with zero attached hydrogens (tertiary/aromatic N) is 2. The summed E-state index contributed by atoms with van der Waals surface area (Å²) in [5.74, 6) is -0.624. The number of anilines is 1. The van der Waals surface area contributed by atoms with E-state index in [9.17, 15) is 24.6 Å². The van der Waals surface area contributed by atoms with Gasteiger partial charge in [-0.1, -0.05) is 33.1 Å². The zero-order chi connectivity index (χ0) is 27.9. The van der Waals surface area contributed by atoms with Crippen LogP contribution in [0.1, 0.15) is 94.5 Å². The van der Waals surface area contributed by atoms with Gasteiger partial charge in [0.25, 0.3) is 0 Å². The normalized spacial score (nSPS) is 33.7. The van der Waals surface area contributed by atoms with E-state index in [4.69, 9.17) is 10.7 Å². The van der Waals surface area contributed by atoms with Crippen molar-refractivity contribution in [3.8, 4) is 0 Å². The van der Waals surface area contributed by atoms with Gasteiger partial charge in [0.2, 0.25) is 17.7 Å². The van der Waals surface area contributed by atoms with Crippen LogP contribution in [0.4, 0.5) is 5.13 Å². The summed E-state index contributed by atoms with van der Waals surface area (Å²) in [6.45, 7) is 5.05. The minimum absolute atomic E-state index is 0.0216. The highest BCUT2D eigenvalue weighted by Crippen LogP contribution is 2.63. The number of carbonyl (C=O) groups is 3. The number of primary amides is 1. The molecule has 0 spiro atoms. The lowest BCUT2D eigenvalue weighted by Gasteiger charge is -2.58. The molecule has 1 aromatic heterocycles. The topological polar surface area (TPSA) is 146 Å². The highest BCUT2D eigenvalue weighted by atomic mass is 32.1. The summed E-state index contributed by atoms with van der Waals surface area (Å²) in [6.07, 6.45) is 7.93. The molecule has 3 aliphatic carbocycles. The Hall–Kier alpha value is -2.04. The van der Waals surface area contributed by atoms with Crippen molar-refractivity contribution in [3.05, 3.63) is 10.6 Å². The molecule has 2 heterocycles. The summed E-state index contributed by atoms with van der Waals surface area (Å²) in [4.78, 5) is 46.2. The summed E-state index contributed by atoms with van der Waals surface area (Å²) in [7, 11) is 0. The Balaban J connectivity index is 1.43. The molecule has 9 nitrogen and oxygen atoms in total. The lowest BCUT2D eigenvalue weighted by Crippen LogP contribution is -2.58.